The van der Waals surface area contributed by atoms with Crippen LogP contribution in [0.15, 0.2) is 84.7 Å². The number of hydrogen-bond acceptors (Lipinski definition) is 6. The minimum atomic E-state index is -0.818. The van der Waals surface area contributed by atoms with Crippen molar-refractivity contribution >= 4 is 29.5 Å². The lowest BCUT2D eigenvalue weighted by molar-refractivity contribution is -0.138. The lowest BCUT2D eigenvalue weighted by Gasteiger charge is -2.40. The van der Waals surface area contributed by atoms with Gasteiger partial charge in [-0.25, -0.2) is 0 Å². The summed E-state index contributed by atoms with van der Waals surface area (Å²) in [5.41, 5.74) is 3.32. The van der Waals surface area contributed by atoms with Gasteiger partial charge in [-0.3, -0.25) is 9.69 Å². The van der Waals surface area contributed by atoms with E-state index in [1.165, 1.54) is 0 Å². The second kappa shape index (κ2) is 13.8. The summed E-state index contributed by atoms with van der Waals surface area (Å²) in [6.07, 6.45) is 10.9. The largest absolute Gasteiger partial charge is 0.507 e. The van der Waals surface area contributed by atoms with E-state index < -0.39 is 5.97 Å². The van der Waals surface area contributed by atoms with Gasteiger partial charge in [-0.2, -0.15) is 0 Å². The summed E-state index contributed by atoms with van der Waals surface area (Å²) in [5, 5.41) is 30.9. The predicted molar refractivity (Wildman–Crippen MR) is 160 cm³/mol. The Hall–Kier alpha value is -2.87. The molecule has 3 N–H and O–H groups in total. The number of thioether (sulfide) groups is 2. The molecule has 0 radical (unpaired) electrons. The molecule has 2 aromatic carbocycles. The summed E-state index contributed by atoms with van der Waals surface area (Å²) in [5.74, 6) is -0.247. The fraction of sp³-hybridized carbons (Fsp3) is 0.323. The Bertz CT molecular complexity index is 1060. The molecule has 38 heavy (non-hydrogen) atoms. The number of carbonyl (C=O) groups is 1. The average Bonchev–Trinajstić information content (AvgIpc) is 2.86. The highest BCUT2D eigenvalue weighted by atomic mass is 32.2. The number of aliphatic carboxylic acids is 1. The van der Waals surface area contributed by atoms with Crippen molar-refractivity contribution in [2.45, 2.75) is 52.4 Å². The first-order valence-electron chi connectivity index (χ1n) is 12.7. The Balaban J connectivity index is 2.03. The van der Waals surface area contributed by atoms with Gasteiger partial charge in [0.15, 0.2) is 0 Å². The van der Waals surface area contributed by atoms with E-state index in [1.54, 1.807) is 47.8 Å². The summed E-state index contributed by atoms with van der Waals surface area (Å²) in [7, 11) is 0. The summed E-state index contributed by atoms with van der Waals surface area (Å²) in [6, 6.07) is 8.12. The van der Waals surface area contributed by atoms with Gasteiger partial charge in [0.1, 0.15) is 11.5 Å². The molecule has 202 valence electrons. The van der Waals surface area contributed by atoms with Crippen LogP contribution in [-0.4, -0.2) is 49.9 Å². The molecule has 0 aliphatic carbocycles. The number of nitrogens with zero attached hydrogens (tertiary/aromatic N) is 1. The summed E-state index contributed by atoms with van der Waals surface area (Å²) >= 11 is 3.53. The zero-order valence-electron chi connectivity index (χ0n) is 21.8. The smallest absolute Gasteiger partial charge is 0.317 e. The van der Waals surface area contributed by atoms with Crippen LogP contribution in [0.1, 0.15) is 35.1 Å². The van der Waals surface area contributed by atoms with Gasteiger partial charge in [-0.05, 0) is 85.0 Å². The molecule has 2 aromatic rings. The van der Waals surface area contributed by atoms with E-state index >= 15 is 0 Å². The molecule has 0 unspecified atom stereocenters. The Labute approximate surface area is 234 Å². The van der Waals surface area contributed by atoms with Crippen LogP contribution in [-0.2, 0) is 30.5 Å². The molecule has 5 nitrogen and oxygen atoms in total. The Morgan fingerprint density at radius 1 is 0.763 bits per heavy atom. The molecule has 1 aliphatic heterocycles. The molecule has 1 aliphatic rings. The predicted octanol–water partition coefficient (Wildman–Crippen LogP) is 6.77. The third-order valence-corrected chi connectivity index (χ3v) is 9.53. The Kier molecular flexibility index (Phi) is 10.8. The molecule has 0 amide bonds. The van der Waals surface area contributed by atoms with Crippen LogP contribution in [0.25, 0.3) is 0 Å². The fourth-order valence-corrected chi connectivity index (χ4v) is 7.90. The van der Waals surface area contributed by atoms with Gasteiger partial charge < -0.3 is 15.3 Å². The number of carboxylic acid groups (broad SMARTS) is 1. The highest BCUT2D eigenvalue weighted by molar-refractivity contribution is 8.18. The van der Waals surface area contributed by atoms with Crippen molar-refractivity contribution in [2.75, 3.05) is 19.6 Å². The van der Waals surface area contributed by atoms with E-state index in [0.717, 1.165) is 44.9 Å². The summed E-state index contributed by atoms with van der Waals surface area (Å²) in [6.45, 7) is 16.7. The van der Waals surface area contributed by atoms with Crippen LogP contribution in [0.2, 0.25) is 0 Å². The molecule has 1 fully saturated rings. The molecule has 0 spiro atoms. The minimum Gasteiger partial charge on any atom is -0.507 e. The maximum Gasteiger partial charge on any atom is 0.317 e. The summed E-state index contributed by atoms with van der Waals surface area (Å²) in [4.78, 5) is 15.4. The maximum atomic E-state index is 11.3. The first-order chi connectivity index (χ1) is 18.2. The van der Waals surface area contributed by atoms with Gasteiger partial charge >= 0.3 is 5.97 Å². The lowest BCUT2D eigenvalue weighted by Crippen LogP contribution is -2.42. The molecular weight excluding hydrogens is 514 g/mol. The molecule has 1 heterocycles. The number of carboxylic acids is 1. The third kappa shape index (κ3) is 7.59. The van der Waals surface area contributed by atoms with Gasteiger partial charge in [-0.1, -0.05) is 24.3 Å². The van der Waals surface area contributed by atoms with Gasteiger partial charge in [0.2, 0.25) is 0 Å². The van der Waals surface area contributed by atoms with E-state index in [-0.39, 0.29) is 22.1 Å². The number of likely N-dealkylation sites (tertiary alicyclic amines) is 1. The number of piperidine rings is 1. The number of aromatic hydroxyl groups is 2. The second-order valence-electron chi connectivity index (χ2n) is 9.44. The molecule has 1 saturated heterocycles. The van der Waals surface area contributed by atoms with Gasteiger partial charge in [0.25, 0.3) is 0 Å². The van der Waals surface area contributed by atoms with Crippen molar-refractivity contribution in [1.82, 2.24) is 4.90 Å². The molecule has 3 rings (SSSR count). The lowest BCUT2D eigenvalue weighted by atomic mass is 10.0. The standard InChI is InChI=1S/C31H37NO4S2/c1-5-9-22-17-26(18-23(10-6-2)29(22)35)37-31(13-15-32(16-14-31)21-28(33)34)38-27-19-24(11-7-3)30(36)25(20-27)12-8-4/h5-8,17-20,35-36H,1-4,9-16,21H2,(H,33,34). The molecular formula is C31H37NO4S2. The Morgan fingerprint density at radius 2 is 1.11 bits per heavy atom. The van der Waals surface area contributed by atoms with Crippen molar-refractivity contribution < 1.29 is 20.1 Å². The monoisotopic (exact) mass is 551 g/mol. The van der Waals surface area contributed by atoms with Crippen molar-refractivity contribution in [3.8, 4) is 11.5 Å². The van der Waals surface area contributed by atoms with Crippen LogP contribution in [0.4, 0.5) is 0 Å². The van der Waals surface area contributed by atoms with E-state index in [2.05, 4.69) is 26.3 Å². The van der Waals surface area contributed by atoms with Crippen molar-refractivity contribution in [3.63, 3.8) is 0 Å². The van der Waals surface area contributed by atoms with E-state index in [0.29, 0.717) is 38.8 Å². The molecule has 0 bridgehead atoms. The van der Waals surface area contributed by atoms with Gasteiger partial charge in [-0.15, -0.1) is 49.8 Å². The van der Waals surface area contributed by atoms with Crippen LogP contribution in [0, 0.1) is 0 Å². The van der Waals surface area contributed by atoms with Gasteiger partial charge in [0, 0.05) is 22.9 Å². The third-order valence-electron chi connectivity index (χ3n) is 6.52. The van der Waals surface area contributed by atoms with Crippen LogP contribution in [0.5, 0.6) is 11.5 Å². The number of benzene rings is 2. The topological polar surface area (TPSA) is 81.0 Å². The SMILES string of the molecule is C=CCc1cc(SC2(Sc3cc(CC=C)c(O)c(CC=C)c3)CCN(CC(=O)O)CC2)cc(CC=C)c1O. The number of allylic oxidation sites excluding steroid dienone is 4. The quantitative estimate of drug-likeness (QED) is 0.177. The van der Waals surface area contributed by atoms with Crippen LogP contribution in [0.3, 0.4) is 0 Å². The maximum absolute atomic E-state index is 11.3. The van der Waals surface area contributed by atoms with Crippen molar-refractivity contribution in [2.24, 2.45) is 0 Å². The number of phenols is 2. The van der Waals surface area contributed by atoms with Crippen LogP contribution >= 0.6 is 23.5 Å². The van der Waals surface area contributed by atoms with E-state index in [9.17, 15) is 20.1 Å². The normalized spacial score (nSPS) is 15.1. The van der Waals surface area contributed by atoms with E-state index in [4.69, 9.17) is 0 Å². The molecule has 0 atom stereocenters. The van der Waals surface area contributed by atoms with E-state index in [1.807, 2.05) is 29.2 Å². The zero-order valence-corrected chi connectivity index (χ0v) is 23.5. The average molecular weight is 552 g/mol. The molecule has 0 saturated carbocycles. The molecule has 0 aromatic heterocycles. The summed E-state index contributed by atoms with van der Waals surface area (Å²) < 4.78 is -0.267. The highest BCUT2D eigenvalue weighted by Gasteiger charge is 2.38. The number of phenolic OH excluding ortho intramolecular Hbond substituents is 2. The van der Waals surface area contributed by atoms with Crippen LogP contribution < -0.4 is 0 Å². The first-order valence-corrected chi connectivity index (χ1v) is 14.3. The zero-order chi connectivity index (χ0) is 27.7. The van der Waals surface area contributed by atoms with Crippen molar-refractivity contribution in [1.29, 1.82) is 0 Å². The Morgan fingerprint density at radius 3 is 1.39 bits per heavy atom. The minimum absolute atomic E-state index is 0.0315. The number of rotatable bonds is 14. The highest BCUT2D eigenvalue weighted by Crippen LogP contribution is 2.53. The second-order valence-corrected chi connectivity index (χ2v) is 12.6. The fourth-order valence-electron chi connectivity index (χ4n) is 4.72. The first kappa shape index (κ1) is 29.7. The number of hydrogen-bond donors (Lipinski definition) is 3. The van der Waals surface area contributed by atoms with Gasteiger partial charge in [0.05, 0.1) is 10.6 Å². The molecule has 7 heteroatoms. The van der Waals surface area contributed by atoms with Crippen molar-refractivity contribution in [3.05, 3.63) is 97.1 Å².